The quantitative estimate of drug-likeness (QED) is 0.733. The Bertz CT molecular complexity index is 325. The molecule has 0 aliphatic carbocycles. The van der Waals surface area contributed by atoms with Crippen molar-refractivity contribution in [3.63, 3.8) is 0 Å². The van der Waals surface area contributed by atoms with Gasteiger partial charge in [0, 0.05) is 12.3 Å². The van der Waals surface area contributed by atoms with E-state index in [1.807, 2.05) is 6.92 Å². The number of hydrogen-bond acceptors (Lipinski definition) is 4. The second kappa shape index (κ2) is 5.14. The van der Waals surface area contributed by atoms with Crippen molar-refractivity contribution in [3.8, 4) is 0 Å². The van der Waals surface area contributed by atoms with E-state index in [1.54, 1.807) is 4.90 Å². The first-order chi connectivity index (χ1) is 8.11. The van der Waals surface area contributed by atoms with Crippen LogP contribution in [0.3, 0.4) is 0 Å². The molecule has 2 aliphatic rings. The standard InChI is InChI=1S/C10H16N2O4S/c1-7-4-16-3-2-11(7)10(15)12-6-17-5-8(12)9(13)14/h7-8H,2-6H2,1H3,(H,13,14)/t7?,8-/m0/s1. The number of carbonyl (C=O) groups excluding carboxylic acids is 1. The number of ether oxygens (including phenoxy) is 1. The predicted molar refractivity (Wildman–Crippen MR) is 63.0 cm³/mol. The molecule has 2 atom stereocenters. The molecule has 2 aliphatic heterocycles. The summed E-state index contributed by atoms with van der Waals surface area (Å²) in [5.41, 5.74) is 0. The fraction of sp³-hybridized carbons (Fsp3) is 0.800. The Hall–Kier alpha value is -0.950. The van der Waals surface area contributed by atoms with Crippen molar-refractivity contribution in [1.82, 2.24) is 9.80 Å². The van der Waals surface area contributed by atoms with E-state index in [-0.39, 0.29) is 12.1 Å². The fourth-order valence-electron chi connectivity index (χ4n) is 2.01. The SMILES string of the molecule is CC1COCCN1C(=O)N1CSC[C@H]1C(=O)O. The number of urea groups is 1. The van der Waals surface area contributed by atoms with Gasteiger partial charge in [-0.2, -0.15) is 0 Å². The van der Waals surface area contributed by atoms with E-state index < -0.39 is 12.0 Å². The number of morpholine rings is 1. The van der Waals surface area contributed by atoms with Crippen molar-refractivity contribution < 1.29 is 19.4 Å². The summed E-state index contributed by atoms with van der Waals surface area (Å²) in [5, 5.41) is 9.05. The zero-order valence-electron chi connectivity index (χ0n) is 9.66. The van der Waals surface area contributed by atoms with Gasteiger partial charge in [0.2, 0.25) is 0 Å². The number of amides is 2. The summed E-state index contributed by atoms with van der Waals surface area (Å²) in [6, 6.07) is -0.864. The van der Waals surface area contributed by atoms with Crippen molar-refractivity contribution in [2.75, 3.05) is 31.4 Å². The lowest BCUT2D eigenvalue weighted by molar-refractivity contribution is -0.141. The molecule has 1 N–H and O–H groups in total. The van der Waals surface area contributed by atoms with Gasteiger partial charge >= 0.3 is 12.0 Å². The molecule has 0 radical (unpaired) electrons. The lowest BCUT2D eigenvalue weighted by atomic mass is 10.2. The smallest absolute Gasteiger partial charge is 0.327 e. The Morgan fingerprint density at radius 1 is 1.41 bits per heavy atom. The van der Waals surface area contributed by atoms with Crippen molar-refractivity contribution >= 4 is 23.8 Å². The van der Waals surface area contributed by atoms with Crippen molar-refractivity contribution in [2.45, 2.75) is 19.0 Å². The highest BCUT2D eigenvalue weighted by Crippen LogP contribution is 2.23. The number of nitrogens with zero attached hydrogens (tertiary/aromatic N) is 2. The van der Waals surface area contributed by atoms with E-state index in [0.29, 0.717) is 31.4 Å². The number of rotatable bonds is 1. The summed E-state index contributed by atoms with van der Waals surface area (Å²) in [4.78, 5) is 26.4. The zero-order valence-corrected chi connectivity index (χ0v) is 10.5. The molecular formula is C10H16N2O4S. The van der Waals surface area contributed by atoms with E-state index in [4.69, 9.17) is 9.84 Å². The largest absolute Gasteiger partial charge is 0.480 e. The van der Waals surface area contributed by atoms with Crippen LogP contribution in [0.25, 0.3) is 0 Å². The van der Waals surface area contributed by atoms with Gasteiger partial charge in [0.1, 0.15) is 6.04 Å². The van der Waals surface area contributed by atoms with Gasteiger partial charge < -0.3 is 19.6 Å². The van der Waals surface area contributed by atoms with E-state index in [1.165, 1.54) is 16.7 Å². The molecule has 0 aromatic heterocycles. The van der Waals surface area contributed by atoms with Crippen molar-refractivity contribution in [2.24, 2.45) is 0 Å². The van der Waals surface area contributed by atoms with Crippen LogP contribution in [-0.4, -0.2) is 70.4 Å². The molecule has 2 saturated heterocycles. The van der Waals surface area contributed by atoms with Gasteiger partial charge in [-0.05, 0) is 6.92 Å². The maximum atomic E-state index is 12.2. The first-order valence-corrected chi connectivity index (χ1v) is 6.72. The second-order valence-electron chi connectivity index (χ2n) is 4.22. The van der Waals surface area contributed by atoms with Crippen LogP contribution in [0, 0.1) is 0 Å². The molecule has 0 spiro atoms. The third-order valence-electron chi connectivity index (χ3n) is 3.03. The van der Waals surface area contributed by atoms with Gasteiger partial charge in [-0.1, -0.05) is 0 Å². The molecule has 17 heavy (non-hydrogen) atoms. The van der Waals surface area contributed by atoms with Crippen molar-refractivity contribution in [3.05, 3.63) is 0 Å². The number of aliphatic carboxylic acids is 1. The third-order valence-corrected chi connectivity index (χ3v) is 4.04. The van der Waals surface area contributed by atoms with Gasteiger partial charge in [-0.3, -0.25) is 0 Å². The van der Waals surface area contributed by atoms with Gasteiger partial charge in [-0.15, -0.1) is 11.8 Å². The molecule has 2 fully saturated rings. The molecule has 0 saturated carbocycles. The van der Waals surface area contributed by atoms with Crippen LogP contribution in [0.2, 0.25) is 0 Å². The van der Waals surface area contributed by atoms with Crippen LogP contribution in [0.1, 0.15) is 6.92 Å². The number of hydrogen-bond donors (Lipinski definition) is 1. The van der Waals surface area contributed by atoms with Gasteiger partial charge in [0.15, 0.2) is 0 Å². The van der Waals surface area contributed by atoms with Crippen molar-refractivity contribution in [1.29, 1.82) is 0 Å². The first-order valence-electron chi connectivity index (χ1n) is 5.57. The molecule has 0 aromatic carbocycles. The lowest BCUT2D eigenvalue weighted by Crippen LogP contribution is -2.55. The Balaban J connectivity index is 2.05. The Kier molecular flexibility index (Phi) is 3.78. The molecule has 0 aromatic rings. The van der Waals surface area contributed by atoms with Crippen LogP contribution in [-0.2, 0) is 9.53 Å². The minimum atomic E-state index is -0.927. The van der Waals surface area contributed by atoms with E-state index in [0.717, 1.165) is 0 Å². The summed E-state index contributed by atoms with van der Waals surface area (Å²) in [5.74, 6) is 0.00362. The Morgan fingerprint density at radius 3 is 2.82 bits per heavy atom. The Morgan fingerprint density at radius 2 is 2.18 bits per heavy atom. The molecular weight excluding hydrogens is 244 g/mol. The number of carboxylic acid groups (broad SMARTS) is 1. The average molecular weight is 260 g/mol. The molecule has 7 heteroatoms. The number of carboxylic acids is 1. The molecule has 2 amide bonds. The summed E-state index contributed by atoms with van der Waals surface area (Å²) in [7, 11) is 0. The predicted octanol–water partition coefficient (Wildman–Crippen LogP) is 0.287. The zero-order chi connectivity index (χ0) is 12.4. The normalized spacial score (nSPS) is 29.5. The van der Waals surface area contributed by atoms with Crippen LogP contribution in [0.5, 0.6) is 0 Å². The molecule has 1 unspecified atom stereocenters. The highest BCUT2D eigenvalue weighted by Gasteiger charge is 2.38. The minimum absolute atomic E-state index is 0.0105. The molecule has 2 heterocycles. The maximum Gasteiger partial charge on any atom is 0.327 e. The molecule has 0 bridgehead atoms. The molecule has 96 valence electrons. The highest BCUT2D eigenvalue weighted by molar-refractivity contribution is 7.99. The Labute approximate surface area is 104 Å². The summed E-state index contributed by atoms with van der Waals surface area (Å²) < 4.78 is 5.27. The van der Waals surface area contributed by atoms with Gasteiger partial charge in [0.25, 0.3) is 0 Å². The summed E-state index contributed by atoms with van der Waals surface area (Å²) in [6.07, 6.45) is 0. The lowest BCUT2D eigenvalue weighted by Gasteiger charge is -2.36. The monoisotopic (exact) mass is 260 g/mol. The average Bonchev–Trinajstić information content (AvgIpc) is 2.77. The minimum Gasteiger partial charge on any atom is -0.480 e. The van der Waals surface area contributed by atoms with Gasteiger partial charge in [0.05, 0.1) is 25.1 Å². The fourth-order valence-corrected chi connectivity index (χ4v) is 3.15. The van der Waals surface area contributed by atoms with E-state index in [9.17, 15) is 9.59 Å². The first kappa shape index (κ1) is 12.5. The van der Waals surface area contributed by atoms with Crippen LogP contribution < -0.4 is 0 Å². The molecule has 6 nitrogen and oxygen atoms in total. The topological polar surface area (TPSA) is 70.1 Å². The van der Waals surface area contributed by atoms with E-state index >= 15 is 0 Å². The van der Waals surface area contributed by atoms with Crippen LogP contribution in [0.4, 0.5) is 4.79 Å². The number of carbonyl (C=O) groups is 2. The summed E-state index contributed by atoms with van der Waals surface area (Å²) >= 11 is 1.48. The summed E-state index contributed by atoms with van der Waals surface area (Å²) in [6.45, 7) is 3.49. The van der Waals surface area contributed by atoms with E-state index in [2.05, 4.69) is 0 Å². The number of thioether (sulfide) groups is 1. The van der Waals surface area contributed by atoms with Gasteiger partial charge in [-0.25, -0.2) is 9.59 Å². The third kappa shape index (κ3) is 2.50. The highest BCUT2D eigenvalue weighted by atomic mass is 32.2. The van der Waals surface area contributed by atoms with Crippen LogP contribution in [0.15, 0.2) is 0 Å². The molecule has 2 rings (SSSR count). The van der Waals surface area contributed by atoms with Crippen LogP contribution >= 0.6 is 11.8 Å². The maximum absolute atomic E-state index is 12.2. The second-order valence-corrected chi connectivity index (χ2v) is 5.22.